The molecule has 0 aromatic heterocycles. The number of rotatable bonds is 55. The second-order valence-corrected chi connectivity index (χ2v) is 23.1. The van der Waals surface area contributed by atoms with E-state index in [1.54, 1.807) is 6.08 Å². The van der Waals surface area contributed by atoms with Crippen LogP contribution in [0.1, 0.15) is 226 Å². The molecule has 0 aliphatic heterocycles. The number of nitrogens with zero attached hydrogens (tertiary/aromatic N) is 1. The minimum Gasteiger partial charge on any atom is -0.387 e. The van der Waals surface area contributed by atoms with Gasteiger partial charge in [-0.05, 0) is 122 Å². The van der Waals surface area contributed by atoms with Gasteiger partial charge in [-0.2, -0.15) is 0 Å². The second kappa shape index (κ2) is 58.8. The molecule has 3 atom stereocenters. The Morgan fingerprint density at radius 3 is 1.16 bits per heavy atom. The number of carbonyl (C=O) groups excluding carboxylic acids is 1. The number of phosphoric acid groups is 1. The van der Waals surface area contributed by atoms with E-state index in [2.05, 4.69) is 165 Å². The summed E-state index contributed by atoms with van der Waals surface area (Å²) in [7, 11) is 1.52. The van der Waals surface area contributed by atoms with Crippen LogP contribution in [0.5, 0.6) is 0 Å². The molecule has 448 valence electrons. The minimum atomic E-state index is -4.37. The van der Waals surface area contributed by atoms with E-state index < -0.39 is 20.0 Å². The fourth-order valence-electron chi connectivity index (χ4n) is 8.10. The van der Waals surface area contributed by atoms with E-state index in [0.29, 0.717) is 17.4 Å². The Kier molecular flexibility index (Phi) is 55.9. The maximum absolute atomic E-state index is 13.0. The third kappa shape index (κ3) is 61.6. The fourth-order valence-corrected chi connectivity index (χ4v) is 8.84. The molecular weight excluding hydrogens is 996 g/mol. The summed E-state index contributed by atoms with van der Waals surface area (Å²) in [5.41, 5.74) is 0. The number of hydrogen-bond donors (Lipinski definition) is 3. The van der Waals surface area contributed by atoms with Gasteiger partial charge in [0, 0.05) is 6.42 Å². The van der Waals surface area contributed by atoms with Crippen molar-refractivity contribution in [2.24, 2.45) is 0 Å². The van der Waals surface area contributed by atoms with E-state index in [1.165, 1.54) is 89.9 Å². The van der Waals surface area contributed by atoms with Gasteiger partial charge >= 0.3 is 7.82 Å². The standard InChI is InChI=1S/C70H117N2O6P/c1-6-8-10-12-14-16-18-20-22-24-25-26-27-28-29-30-31-32-33-34-35-36-37-38-39-40-41-42-43-44-45-46-47-48-50-52-54-56-58-60-62-64-70(74)71-68(67-78-79(75,76)77-66-65-72(3,4)5)69(73)63-61-59-57-55-53-51-49-23-21-19-17-15-13-11-9-7-2/h8,10,14,16,20-23,25-26,28-29,31-32,34-35,37-38,40-41,43-44,53,55,61,63,68-69,73H,6-7,9,11-13,15,17-19,24,27,30,33,36,39,42,45-52,54,56-60,62,64-67H2,1-5H3,(H-,71,74,75,76)/p+1/b10-8-,16-14-,22-20-,23-21+,26-25-,29-28-,32-31-,35-34-,38-37-,41-40-,44-43-,55-53+,63-61+. The van der Waals surface area contributed by atoms with Gasteiger partial charge in [-0.1, -0.05) is 255 Å². The summed E-state index contributed by atoms with van der Waals surface area (Å²) in [6, 6.07) is -0.883. The number of likely N-dealkylation sites (N-methyl/N-ethyl adjacent to an activating group) is 1. The number of aliphatic hydroxyl groups excluding tert-OH is 1. The molecule has 0 fully saturated rings. The summed E-state index contributed by atoms with van der Waals surface area (Å²) in [6.45, 7) is 4.64. The normalized spacial score (nSPS) is 14.9. The molecule has 0 bridgehead atoms. The van der Waals surface area contributed by atoms with Crippen LogP contribution in [0.25, 0.3) is 0 Å². The van der Waals surface area contributed by atoms with Gasteiger partial charge in [-0.15, -0.1) is 0 Å². The van der Waals surface area contributed by atoms with Gasteiger partial charge in [-0.3, -0.25) is 13.8 Å². The SMILES string of the molecule is CC/C=C\C/C=C\C/C=C\C/C=C\C/C=C\C/C=C\C/C=C\C/C=C\C/C=C\C/C=C\CCCCCCCCCCCCC(=O)NC(COP(=O)(O)OCC[N+](C)(C)C)C(O)/C=C/CC/C=C/CC/C=C/CCCCCCCC. The van der Waals surface area contributed by atoms with Crippen LogP contribution in [0.2, 0.25) is 0 Å². The molecule has 1 amide bonds. The van der Waals surface area contributed by atoms with Crippen molar-refractivity contribution in [1.82, 2.24) is 5.32 Å². The Bertz CT molecular complexity index is 1840. The van der Waals surface area contributed by atoms with Crippen molar-refractivity contribution < 1.29 is 32.9 Å². The van der Waals surface area contributed by atoms with Gasteiger partial charge in [0.15, 0.2) is 0 Å². The van der Waals surface area contributed by atoms with E-state index in [1.807, 2.05) is 27.2 Å². The fraction of sp³-hybridized carbons (Fsp3) is 0.614. The highest BCUT2D eigenvalue weighted by Crippen LogP contribution is 2.43. The van der Waals surface area contributed by atoms with Crippen LogP contribution < -0.4 is 5.32 Å². The second-order valence-electron chi connectivity index (χ2n) is 21.7. The van der Waals surface area contributed by atoms with Gasteiger partial charge in [0.05, 0.1) is 39.9 Å². The van der Waals surface area contributed by atoms with Crippen molar-refractivity contribution in [3.8, 4) is 0 Å². The molecule has 3 N–H and O–H groups in total. The molecule has 3 unspecified atom stereocenters. The summed E-state index contributed by atoms with van der Waals surface area (Å²) in [5.74, 6) is -0.203. The molecule has 0 heterocycles. The monoisotopic (exact) mass is 1110 g/mol. The maximum atomic E-state index is 13.0. The smallest absolute Gasteiger partial charge is 0.387 e. The van der Waals surface area contributed by atoms with Crippen molar-refractivity contribution in [2.75, 3.05) is 40.9 Å². The number of unbranched alkanes of at least 4 members (excludes halogenated alkanes) is 18. The first-order valence-electron chi connectivity index (χ1n) is 31.4. The Morgan fingerprint density at radius 1 is 0.443 bits per heavy atom. The molecule has 8 nitrogen and oxygen atoms in total. The number of quaternary nitrogens is 1. The lowest BCUT2D eigenvalue weighted by atomic mass is 10.0. The number of hydrogen-bond acceptors (Lipinski definition) is 5. The average Bonchev–Trinajstić information content (AvgIpc) is 3.42. The average molecular weight is 1110 g/mol. The lowest BCUT2D eigenvalue weighted by molar-refractivity contribution is -0.870. The van der Waals surface area contributed by atoms with Crippen LogP contribution in [-0.4, -0.2) is 73.4 Å². The van der Waals surface area contributed by atoms with E-state index in [-0.39, 0.29) is 19.1 Å². The van der Waals surface area contributed by atoms with Crippen LogP contribution in [-0.2, 0) is 18.4 Å². The predicted molar refractivity (Wildman–Crippen MR) is 345 cm³/mol. The number of phosphoric ester groups is 1. The molecule has 0 spiro atoms. The van der Waals surface area contributed by atoms with Crippen LogP contribution in [0.15, 0.2) is 158 Å². The van der Waals surface area contributed by atoms with E-state index in [4.69, 9.17) is 9.05 Å². The number of allylic oxidation sites excluding steroid dienone is 25. The minimum absolute atomic E-state index is 0.0451. The number of aliphatic hydroxyl groups is 1. The maximum Gasteiger partial charge on any atom is 0.472 e. The quantitative estimate of drug-likeness (QED) is 0.0243. The summed E-state index contributed by atoms with van der Waals surface area (Å²) < 4.78 is 23.7. The van der Waals surface area contributed by atoms with Crippen molar-refractivity contribution in [2.45, 2.75) is 238 Å². The van der Waals surface area contributed by atoms with Crippen LogP contribution in [0.4, 0.5) is 0 Å². The molecule has 0 aliphatic carbocycles. The lowest BCUT2D eigenvalue weighted by Gasteiger charge is -2.25. The van der Waals surface area contributed by atoms with E-state index in [0.717, 1.165) is 116 Å². The van der Waals surface area contributed by atoms with E-state index in [9.17, 15) is 19.4 Å². The molecule has 79 heavy (non-hydrogen) atoms. The highest BCUT2D eigenvalue weighted by atomic mass is 31.2. The molecule has 0 aliphatic rings. The molecular formula is C70H118N2O6P+. The Labute approximate surface area is 486 Å². The first-order valence-corrected chi connectivity index (χ1v) is 32.9. The summed E-state index contributed by atoms with van der Waals surface area (Å²) in [6.07, 6.45) is 92.2. The van der Waals surface area contributed by atoms with Crippen molar-refractivity contribution in [3.05, 3.63) is 158 Å². The van der Waals surface area contributed by atoms with Crippen LogP contribution >= 0.6 is 7.82 Å². The van der Waals surface area contributed by atoms with E-state index >= 15 is 0 Å². The number of nitrogens with one attached hydrogen (secondary N) is 1. The van der Waals surface area contributed by atoms with Gasteiger partial charge in [0.25, 0.3) is 0 Å². The van der Waals surface area contributed by atoms with Crippen molar-refractivity contribution in [3.63, 3.8) is 0 Å². The Morgan fingerprint density at radius 2 is 0.772 bits per heavy atom. The molecule has 0 radical (unpaired) electrons. The van der Waals surface area contributed by atoms with Crippen LogP contribution in [0, 0.1) is 0 Å². The summed E-state index contributed by atoms with van der Waals surface area (Å²) >= 11 is 0. The molecule has 9 heteroatoms. The highest BCUT2D eigenvalue weighted by molar-refractivity contribution is 7.47. The van der Waals surface area contributed by atoms with Gasteiger partial charge in [0.2, 0.25) is 5.91 Å². The Balaban J connectivity index is 4.15. The molecule has 0 aromatic carbocycles. The zero-order valence-electron chi connectivity index (χ0n) is 51.0. The molecule has 0 saturated heterocycles. The van der Waals surface area contributed by atoms with Crippen molar-refractivity contribution in [1.29, 1.82) is 0 Å². The third-order valence-corrected chi connectivity index (χ3v) is 13.9. The number of carbonyl (C=O) groups is 1. The zero-order chi connectivity index (χ0) is 57.7. The predicted octanol–water partition coefficient (Wildman–Crippen LogP) is 19.8. The van der Waals surface area contributed by atoms with Gasteiger partial charge in [-0.25, -0.2) is 4.57 Å². The highest BCUT2D eigenvalue weighted by Gasteiger charge is 2.27. The summed E-state index contributed by atoms with van der Waals surface area (Å²) in [5, 5.41) is 13.9. The van der Waals surface area contributed by atoms with Crippen molar-refractivity contribution >= 4 is 13.7 Å². The third-order valence-electron chi connectivity index (χ3n) is 13.0. The lowest BCUT2D eigenvalue weighted by Crippen LogP contribution is -2.45. The largest absolute Gasteiger partial charge is 0.472 e. The van der Waals surface area contributed by atoms with Crippen LogP contribution in [0.3, 0.4) is 0 Å². The van der Waals surface area contributed by atoms with Gasteiger partial charge < -0.3 is 19.8 Å². The zero-order valence-corrected chi connectivity index (χ0v) is 51.9. The molecule has 0 rings (SSSR count). The first-order chi connectivity index (χ1) is 38.5. The topological polar surface area (TPSA) is 105 Å². The molecule has 0 saturated carbocycles. The summed E-state index contributed by atoms with van der Waals surface area (Å²) in [4.78, 5) is 23.3. The molecule has 0 aromatic rings. The van der Waals surface area contributed by atoms with Gasteiger partial charge in [0.1, 0.15) is 13.2 Å². The Hall–Kier alpha value is -3.88. The number of amides is 1. The first kappa shape index (κ1) is 75.1.